The lowest BCUT2D eigenvalue weighted by molar-refractivity contribution is -0.142. The van der Waals surface area contributed by atoms with Crippen LogP contribution >= 0.6 is 0 Å². The van der Waals surface area contributed by atoms with Crippen LogP contribution in [0.2, 0.25) is 0 Å². The zero-order chi connectivity index (χ0) is 24.0. The van der Waals surface area contributed by atoms with Gasteiger partial charge in [0.2, 0.25) is 0 Å². The third kappa shape index (κ3) is 4.34. The fourth-order valence-electron chi connectivity index (χ4n) is 5.44. The lowest BCUT2D eigenvalue weighted by Gasteiger charge is -2.29. The Morgan fingerprint density at radius 2 is 1.79 bits per heavy atom. The molecule has 4 heteroatoms. The van der Waals surface area contributed by atoms with Gasteiger partial charge in [-0.1, -0.05) is 48.9 Å². The van der Waals surface area contributed by atoms with Crippen LogP contribution < -0.4 is 4.74 Å². The summed E-state index contributed by atoms with van der Waals surface area (Å²) in [5.74, 6) is -0.0319. The molecule has 0 radical (unpaired) electrons. The first-order valence-electron chi connectivity index (χ1n) is 12.2. The Bertz CT molecular complexity index is 1240. The van der Waals surface area contributed by atoms with Gasteiger partial charge in [-0.15, -0.1) is 0 Å². The monoisotopic (exact) mass is 458 g/mol. The Labute approximate surface area is 200 Å². The summed E-state index contributed by atoms with van der Waals surface area (Å²) in [4.78, 5) is 11.7. The number of hydrogen-bond acceptors (Lipinski definition) is 2. The quantitative estimate of drug-likeness (QED) is 0.419. The molecule has 3 atom stereocenters. The van der Waals surface area contributed by atoms with E-state index in [2.05, 4.69) is 24.3 Å². The molecule has 0 bridgehead atoms. The summed E-state index contributed by atoms with van der Waals surface area (Å²) in [5.41, 5.74) is 6.91. The first-order valence-corrected chi connectivity index (χ1v) is 12.2. The molecule has 0 amide bonds. The van der Waals surface area contributed by atoms with E-state index >= 15 is 0 Å². The van der Waals surface area contributed by atoms with E-state index in [1.807, 2.05) is 39.0 Å². The number of aryl methyl sites for hydroxylation is 3. The fraction of sp³-hybridized carbons (Fsp3) is 0.367. The van der Waals surface area contributed by atoms with Crippen molar-refractivity contribution in [1.29, 1.82) is 0 Å². The molecule has 176 valence electrons. The van der Waals surface area contributed by atoms with Gasteiger partial charge in [0.25, 0.3) is 0 Å². The minimum atomic E-state index is -0.742. The van der Waals surface area contributed by atoms with Crippen molar-refractivity contribution in [1.82, 2.24) is 0 Å². The largest absolute Gasteiger partial charge is 0.485 e. The van der Waals surface area contributed by atoms with Crippen LogP contribution in [0.25, 0.3) is 11.1 Å². The first kappa shape index (κ1) is 22.6. The fourth-order valence-corrected chi connectivity index (χ4v) is 5.44. The second-order valence-corrected chi connectivity index (χ2v) is 10.1. The van der Waals surface area contributed by atoms with Gasteiger partial charge in [0, 0.05) is 5.56 Å². The number of halogens is 1. The smallest absolute Gasteiger partial charge is 0.306 e. The maximum absolute atomic E-state index is 14.5. The molecule has 0 saturated heterocycles. The topological polar surface area (TPSA) is 46.5 Å². The molecule has 5 rings (SSSR count). The standard InChI is InChI=1S/C30H31FO3/c1-17-4-12-26(31)25(14-17)24-11-9-22(15-18(24)2)27-13-10-20-5-8-23(16-28(20)34-27)29(21-6-7-21)19(3)30(32)33/h4-5,8-9,11-12,14-16,19,21,27,29H,6-7,10,13H2,1-3H3,(H,32,33)/t19-,27?,29-/m0/s1. The van der Waals surface area contributed by atoms with Crippen molar-refractivity contribution >= 4 is 5.97 Å². The van der Waals surface area contributed by atoms with E-state index in [4.69, 9.17) is 4.74 Å². The molecule has 3 nitrogen and oxygen atoms in total. The van der Waals surface area contributed by atoms with Crippen molar-refractivity contribution in [2.45, 2.75) is 58.5 Å². The second-order valence-electron chi connectivity index (χ2n) is 10.1. The molecular formula is C30H31FO3. The van der Waals surface area contributed by atoms with Gasteiger partial charge in [0.1, 0.15) is 17.7 Å². The van der Waals surface area contributed by atoms with Crippen molar-refractivity contribution < 1.29 is 19.0 Å². The molecule has 1 heterocycles. The van der Waals surface area contributed by atoms with Crippen LogP contribution in [-0.2, 0) is 11.2 Å². The predicted octanol–water partition coefficient (Wildman–Crippen LogP) is 7.39. The van der Waals surface area contributed by atoms with E-state index in [-0.39, 0.29) is 17.8 Å². The number of fused-ring (bicyclic) bond motifs is 1. The number of benzene rings is 3. The Hall–Kier alpha value is -3.14. The summed E-state index contributed by atoms with van der Waals surface area (Å²) in [7, 11) is 0. The Morgan fingerprint density at radius 1 is 1.00 bits per heavy atom. The zero-order valence-corrected chi connectivity index (χ0v) is 20.0. The highest BCUT2D eigenvalue weighted by Gasteiger charge is 2.39. The van der Waals surface area contributed by atoms with Gasteiger partial charge in [0.15, 0.2) is 0 Å². The highest BCUT2D eigenvalue weighted by Crippen LogP contribution is 2.48. The summed E-state index contributed by atoms with van der Waals surface area (Å²) >= 11 is 0. The first-order chi connectivity index (χ1) is 16.3. The SMILES string of the molecule is Cc1ccc(F)c(-c2ccc(C3CCc4ccc([C@H](C5CC5)[C@H](C)C(=O)O)cc4O3)cc2C)c1. The van der Waals surface area contributed by atoms with Gasteiger partial charge < -0.3 is 9.84 Å². The number of rotatable bonds is 6. The van der Waals surface area contributed by atoms with Gasteiger partial charge in [-0.3, -0.25) is 4.79 Å². The average molecular weight is 459 g/mol. The third-order valence-corrected chi connectivity index (χ3v) is 7.51. The lowest BCUT2D eigenvalue weighted by atomic mass is 9.82. The van der Waals surface area contributed by atoms with Gasteiger partial charge in [-0.25, -0.2) is 4.39 Å². The normalized spacial score (nSPS) is 19.1. The van der Waals surface area contributed by atoms with Crippen LogP contribution in [0.15, 0.2) is 54.6 Å². The average Bonchev–Trinajstić information content (AvgIpc) is 3.65. The molecule has 1 aliphatic carbocycles. The van der Waals surface area contributed by atoms with Crippen LogP contribution in [0.3, 0.4) is 0 Å². The van der Waals surface area contributed by atoms with E-state index in [9.17, 15) is 14.3 Å². The molecular weight excluding hydrogens is 427 g/mol. The molecule has 0 aromatic heterocycles. The van der Waals surface area contributed by atoms with E-state index in [0.717, 1.165) is 59.3 Å². The molecule has 1 unspecified atom stereocenters. The number of carbonyl (C=O) groups is 1. The Kier molecular flexibility index (Phi) is 5.93. The molecule has 2 aliphatic rings. The van der Waals surface area contributed by atoms with E-state index in [1.165, 1.54) is 11.6 Å². The Morgan fingerprint density at radius 3 is 2.50 bits per heavy atom. The molecule has 0 spiro atoms. The van der Waals surface area contributed by atoms with Gasteiger partial charge in [-0.05, 0) is 97.4 Å². The van der Waals surface area contributed by atoms with Crippen LogP contribution in [0.1, 0.15) is 66.0 Å². The zero-order valence-electron chi connectivity index (χ0n) is 20.0. The summed E-state index contributed by atoms with van der Waals surface area (Å²) in [6, 6.07) is 17.6. The van der Waals surface area contributed by atoms with Crippen LogP contribution in [-0.4, -0.2) is 11.1 Å². The molecule has 3 aromatic carbocycles. The highest BCUT2D eigenvalue weighted by molar-refractivity contribution is 5.71. The van der Waals surface area contributed by atoms with Crippen molar-refractivity contribution in [2.24, 2.45) is 11.8 Å². The number of hydrogen-bond donors (Lipinski definition) is 1. The molecule has 1 aliphatic heterocycles. The summed E-state index contributed by atoms with van der Waals surface area (Å²) in [6.07, 6.45) is 3.90. The van der Waals surface area contributed by atoms with Gasteiger partial charge >= 0.3 is 5.97 Å². The second kappa shape index (κ2) is 8.90. The number of ether oxygens (including phenoxy) is 1. The molecule has 1 saturated carbocycles. The summed E-state index contributed by atoms with van der Waals surface area (Å²) < 4.78 is 20.9. The minimum absolute atomic E-state index is 0.0255. The number of carboxylic acids is 1. The van der Waals surface area contributed by atoms with E-state index in [1.54, 1.807) is 6.07 Å². The van der Waals surface area contributed by atoms with E-state index < -0.39 is 11.9 Å². The third-order valence-electron chi connectivity index (χ3n) is 7.51. The van der Waals surface area contributed by atoms with Gasteiger partial charge in [0.05, 0.1) is 5.92 Å². The van der Waals surface area contributed by atoms with Crippen molar-refractivity contribution in [3.05, 3.63) is 88.2 Å². The molecule has 34 heavy (non-hydrogen) atoms. The van der Waals surface area contributed by atoms with Crippen LogP contribution in [0.4, 0.5) is 4.39 Å². The van der Waals surface area contributed by atoms with E-state index in [0.29, 0.717) is 11.5 Å². The molecule has 1 fully saturated rings. The Balaban J connectivity index is 1.41. The summed E-state index contributed by atoms with van der Waals surface area (Å²) in [6.45, 7) is 5.80. The van der Waals surface area contributed by atoms with Crippen LogP contribution in [0.5, 0.6) is 5.75 Å². The van der Waals surface area contributed by atoms with Crippen molar-refractivity contribution in [2.75, 3.05) is 0 Å². The maximum atomic E-state index is 14.5. The molecule has 1 N–H and O–H groups in total. The van der Waals surface area contributed by atoms with Crippen molar-refractivity contribution in [3.63, 3.8) is 0 Å². The number of carboxylic acid groups (broad SMARTS) is 1. The van der Waals surface area contributed by atoms with Crippen LogP contribution in [0, 0.1) is 31.5 Å². The molecule has 3 aromatic rings. The van der Waals surface area contributed by atoms with Crippen molar-refractivity contribution in [3.8, 4) is 16.9 Å². The maximum Gasteiger partial charge on any atom is 0.306 e. The highest BCUT2D eigenvalue weighted by atomic mass is 19.1. The predicted molar refractivity (Wildman–Crippen MR) is 132 cm³/mol. The minimum Gasteiger partial charge on any atom is -0.485 e. The number of aliphatic carboxylic acids is 1. The summed E-state index contributed by atoms with van der Waals surface area (Å²) in [5, 5.41) is 9.63. The lowest BCUT2D eigenvalue weighted by Crippen LogP contribution is -2.21. The van der Waals surface area contributed by atoms with Gasteiger partial charge in [-0.2, -0.15) is 0 Å².